The first-order valence-corrected chi connectivity index (χ1v) is 4.77. The molecule has 3 N–H and O–H groups in total. The number of carboxylic acids is 1. The van der Waals surface area contributed by atoms with Gasteiger partial charge in [-0.25, -0.2) is 0 Å². The second kappa shape index (κ2) is 5.37. The molecule has 0 radical (unpaired) electrons. The molecule has 0 fully saturated rings. The first-order chi connectivity index (χ1) is 7.58. The molecule has 0 aromatic heterocycles. The summed E-state index contributed by atoms with van der Waals surface area (Å²) in [5.41, 5.74) is 6.24. The molecule has 0 saturated carbocycles. The van der Waals surface area contributed by atoms with Crippen LogP contribution in [0.2, 0.25) is 0 Å². The van der Waals surface area contributed by atoms with Crippen LogP contribution in [-0.2, 0) is 11.2 Å². The standard InChI is InChI=1S/C11H15NO4/c1-15-9-4-3-7(6-10(9)16-2)5-8(12)11(13)14/h3-4,6,8H,5,12H2,1-2H3,(H,13,14). The van der Waals surface area contributed by atoms with Crippen LogP contribution in [0.4, 0.5) is 0 Å². The van der Waals surface area contributed by atoms with Gasteiger partial charge < -0.3 is 20.3 Å². The van der Waals surface area contributed by atoms with Gasteiger partial charge in [0.25, 0.3) is 0 Å². The Labute approximate surface area is 93.8 Å². The number of carbonyl (C=O) groups is 1. The third-order valence-electron chi connectivity index (χ3n) is 2.22. The highest BCUT2D eigenvalue weighted by Gasteiger charge is 2.13. The van der Waals surface area contributed by atoms with E-state index in [1.54, 1.807) is 25.3 Å². The maximum atomic E-state index is 10.6. The van der Waals surface area contributed by atoms with Gasteiger partial charge in [-0.15, -0.1) is 0 Å². The number of carboxylic acid groups (broad SMARTS) is 1. The average Bonchev–Trinajstić information content (AvgIpc) is 2.28. The molecule has 1 aromatic carbocycles. The molecule has 0 saturated heterocycles. The van der Waals surface area contributed by atoms with Gasteiger partial charge in [-0.1, -0.05) is 6.07 Å². The van der Waals surface area contributed by atoms with Gasteiger partial charge in [-0.05, 0) is 24.1 Å². The Bertz CT molecular complexity index is 378. The predicted molar refractivity (Wildman–Crippen MR) is 58.9 cm³/mol. The summed E-state index contributed by atoms with van der Waals surface area (Å²) >= 11 is 0. The molecule has 0 aliphatic rings. The fraction of sp³-hybridized carbons (Fsp3) is 0.364. The van der Waals surface area contributed by atoms with Gasteiger partial charge in [0, 0.05) is 0 Å². The molecule has 88 valence electrons. The van der Waals surface area contributed by atoms with Gasteiger partial charge in [0.1, 0.15) is 6.04 Å². The average molecular weight is 225 g/mol. The molecule has 5 heteroatoms. The van der Waals surface area contributed by atoms with E-state index in [0.717, 1.165) is 5.56 Å². The lowest BCUT2D eigenvalue weighted by molar-refractivity contribution is -0.138. The van der Waals surface area contributed by atoms with Crippen LogP contribution < -0.4 is 15.2 Å². The molecule has 1 aromatic rings. The van der Waals surface area contributed by atoms with Crippen LogP contribution in [0.25, 0.3) is 0 Å². The summed E-state index contributed by atoms with van der Waals surface area (Å²) in [6.07, 6.45) is 0.260. The van der Waals surface area contributed by atoms with Crippen molar-refractivity contribution in [1.82, 2.24) is 0 Å². The first kappa shape index (κ1) is 12.3. The van der Waals surface area contributed by atoms with E-state index in [0.29, 0.717) is 11.5 Å². The zero-order valence-electron chi connectivity index (χ0n) is 9.27. The smallest absolute Gasteiger partial charge is 0.320 e. The second-order valence-electron chi connectivity index (χ2n) is 3.34. The minimum atomic E-state index is -1.02. The van der Waals surface area contributed by atoms with Crippen LogP contribution in [0.15, 0.2) is 18.2 Å². The Kier molecular flexibility index (Phi) is 4.13. The van der Waals surface area contributed by atoms with Crippen molar-refractivity contribution in [2.45, 2.75) is 12.5 Å². The molecule has 0 spiro atoms. The molecule has 1 unspecified atom stereocenters. The van der Waals surface area contributed by atoms with E-state index in [1.165, 1.54) is 7.11 Å². The highest BCUT2D eigenvalue weighted by Crippen LogP contribution is 2.27. The van der Waals surface area contributed by atoms with E-state index in [-0.39, 0.29) is 6.42 Å². The third kappa shape index (κ3) is 2.87. The normalized spacial score (nSPS) is 11.9. The summed E-state index contributed by atoms with van der Waals surface area (Å²) in [4.78, 5) is 10.6. The van der Waals surface area contributed by atoms with Crippen molar-refractivity contribution in [2.24, 2.45) is 5.73 Å². The van der Waals surface area contributed by atoms with Crippen molar-refractivity contribution in [3.63, 3.8) is 0 Å². The van der Waals surface area contributed by atoms with E-state index >= 15 is 0 Å². The van der Waals surface area contributed by atoms with Gasteiger partial charge in [0.05, 0.1) is 14.2 Å². The number of nitrogens with two attached hydrogens (primary N) is 1. The minimum Gasteiger partial charge on any atom is -0.493 e. The van der Waals surface area contributed by atoms with Gasteiger partial charge in [0.2, 0.25) is 0 Å². The second-order valence-corrected chi connectivity index (χ2v) is 3.34. The van der Waals surface area contributed by atoms with Crippen LogP contribution in [0, 0.1) is 0 Å². The fourth-order valence-electron chi connectivity index (χ4n) is 1.35. The monoisotopic (exact) mass is 225 g/mol. The number of aliphatic carboxylic acids is 1. The molecule has 1 rings (SSSR count). The Morgan fingerprint density at radius 3 is 2.50 bits per heavy atom. The van der Waals surface area contributed by atoms with Crippen LogP contribution in [0.5, 0.6) is 11.5 Å². The van der Waals surface area contributed by atoms with E-state index in [1.807, 2.05) is 0 Å². The lowest BCUT2D eigenvalue weighted by Crippen LogP contribution is -2.32. The summed E-state index contributed by atoms with van der Waals surface area (Å²) in [5.74, 6) is 0.155. The predicted octanol–water partition coefficient (Wildman–Crippen LogP) is 0.658. The maximum absolute atomic E-state index is 10.6. The van der Waals surface area contributed by atoms with E-state index < -0.39 is 12.0 Å². The summed E-state index contributed by atoms with van der Waals surface area (Å²) in [5, 5.41) is 8.69. The van der Waals surface area contributed by atoms with E-state index in [2.05, 4.69) is 0 Å². The van der Waals surface area contributed by atoms with Crippen LogP contribution in [0.3, 0.4) is 0 Å². The van der Waals surface area contributed by atoms with Crippen molar-refractivity contribution in [1.29, 1.82) is 0 Å². The van der Waals surface area contributed by atoms with Crippen molar-refractivity contribution in [3.05, 3.63) is 23.8 Å². The lowest BCUT2D eigenvalue weighted by Gasteiger charge is -2.11. The number of hydrogen-bond acceptors (Lipinski definition) is 4. The Morgan fingerprint density at radius 2 is 2.00 bits per heavy atom. The van der Waals surface area contributed by atoms with Crippen LogP contribution in [-0.4, -0.2) is 31.3 Å². The molecular formula is C11H15NO4. The highest BCUT2D eigenvalue weighted by molar-refractivity contribution is 5.73. The molecular weight excluding hydrogens is 210 g/mol. The highest BCUT2D eigenvalue weighted by atomic mass is 16.5. The van der Waals surface area contributed by atoms with Gasteiger partial charge in [0.15, 0.2) is 11.5 Å². The Hall–Kier alpha value is -1.75. The van der Waals surface area contributed by atoms with Gasteiger partial charge in [-0.2, -0.15) is 0 Å². The molecule has 16 heavy (non-hydrogen) atoms. The van der Waals surface area contributed by atoms with Crippen LogP contribution >= 0.6 is 0 Å². The Balaban J connectivity index is 2.86. The topological polar surface area (TPSA) is 81.8 Å². The number of methoxy groups -OCH3 is 2. The molecule has 5 nitrogen and oxygen atoms in total. The largest absolute Gasteiger partial charge is 0.493 e. The molecule has 1 atom stereocenters. The van der Waals surface area contributed by atoms with E-state index in [4.69, 9.17) is 20.3 Å². The number of rotatable bonds is 5. The zero-order valence-corrected chi connectivity index (χ0v) is 9.27. The summed E-state index contributed by atoms with van der Waals surface area (Å²) < 4.78 is 10.2. The summed E-state index contributed by atoms with van der Waals surface area (Å²) in [6.45, 7) is 0. The molecule has 0 amide bonds. The summed E-state index contributed by atoms with van der Waals surface area (Å²) in [6, 6.07) is 4.31. The zero-order chi connectivity index (χ0) is 12.1. The van der Waals surface area contributed by atoms with Crippen molar-refractivity contribution in [3.8, 4) is 11.5 Å². The Morgan fingerprint density at radius 1 is 1.38 bits per heavy atom. The number of hydrogen-bond donors (Lipinski definition) is 2. The minimum absolute atomic E-state index is 0.260. The SMILES string of the molecule is COc1ccc(CC(N)C(=O)O)cc1OC. The molecule has 0 bridgehead atoms. The van der Waals surface area contributed by atoms with Crippen LogP contribution in [0.1, 0.15) is 5.56 Å². The van der Waals surface area contributed by atoms with Crippen molar-refractivity contribution in [2.75, 3.05) is 14.2 Å². The molecule has 0 aliphatic carbocycles. The molecule has 0 heterocycles. The lowest BCUT2D eigenvalue weighted by atomic mass is 10.1. The van der Waals surface area contributed by atoms with Crippen molar-refractivity contribution >= 4 is 5.97 Å². The van der Waals surface area contributed by atoms with Crippen molar-refractivity contribution < 1.29 is 19.4 Å². The molecule has 0 aliphatic heterocycles. The number of benzene rings is 1. The van der Waals surface area contributed by atoms with Gasteiger partial charge in [-0.3, -0.25) is 4.79 Å². The third-order valence-corrected chi connectivity index (χ3v) is 2.22. The fourth-order valence-corrected chi connectivity index (χ4v) is 1.35. The van der Waals surface area contributed by atoms with E-state index in [9.17, 15) is 4.79 Å². The quantitative estimate of drug-likeness (QED) is 0.769. The first-order valence-electron chi connectivity index (χ1n) is 4.77. The maximum Gasteiger partial charge on any atom is 0.320 e. The van der Waals surface area contributed by atoms with Gasteiger partial charge >= 0.3 is 5.97 Å². The summed E-state index contributed by atoms with van der Waals surface area (Å²) in [7, 11) is 3.07. The number of ether oxygens (including phenoxy) is 2.